The molecule has 1 saturated carbocycles. The quantitative estimate of drug-likeness (QED) is 0.761. The van der Waals surface area contributed by atoms with Crippen LogP contribution in [0.1, 0.15) is 37.1 Å². The summed E-state index contributed by atoms with van der Waals surface area (Å²) in [6.07, 6.45) is 5.67. The monoisotopic (exact) mass is 384 g/mol. The molecule has 0 amide bonds. The van der Waals surface area contributed by atoms with Crippen molar-refractivity contribution in [1.82, 2.24) is 29.4 Å². The summed E-state index contributed by atoms with van der Waals surface area (Å²) in [5.41, 5.74) is 1.92. The third-order valence-corrected chi connectivity index (χ3v) is 6.16. The van der Waals surface area contributed by atoms with E-state index in [1.165, 1.54) is 32.2 Å². The molecule has 4 rings (SSSR count). The SMILES string of the molecule is Cc1cc(C)n(-c2ccc(=O)n(CCN3CCN(CC4CCCC4)CC3)n2)n1. The standard InChI is InChI=1S/C21H32N6O/c1-17-15-18(2)27(22-17)20-7-8-21(28)26(23-20)14-13-24-9-11-25(12-10-24)16-19-5-3-4-6-19/h7-8,15,19H,3-6,9-14,16H2,1-2H3. The van der Waals surface area contributed by atoms with E-state index in [1.54, 1.807) is 21.5 Å². The van der Waals surface area contributed by atoms with Gasteiger partial charge >= 0.3 is 0 Å². The maximum atomic E-state index is 12.3. The third-order valence-electron chi connectivity index (χ3n) is 6.16. The van der Waals surface area contributed by atoms with Gasteiger partial charge in [0.2, 0.25) is 0 Å². The minimum absolute atomic E-state index is 0.0508. The highest BCUT2D eigenvalue weighted by molar-refractivity contribution is 5.23. The van der Waals surface area contributed by atoms with Crippen LogP contribution in [-0.4, -0.2) is 68.6 Å². The van der Waals surface area contributed by atoms with Crippen LogP contribution in [0.5, 0.6) is 0 Å². The Labute approximate surface area is 166 Å². The van der Waals surface area contributed by atoms with Gasteiger partial charge in [-0.3, -0.25) is 9.69 Å². The van der Waals surface area contributed by atoms with Crippen LogP contribution in [0.4, 0.5) is 0 Å². The molecule has 0 unspecified atom stereocenters. The summed E-state index contributed by atoms with van der Waals surface area (Å²) in [6.45, 7) is 11.2. The van der Waals surface area contributed by atoms with Gasteiger partial charge in [0.05, 0.1) is 12.2 Å². The van der Waals surface area contributed by atoms with Gasteiger partial charge in [-0.1, -0.05) is 12.8 Å². The molecule has 28 heavy (non-hydrogen) atoms. The number of rotatable bonds is 6. The lowest BCUT2D eigenvalue weighted by Gasteiger charge is -2.35. The van der Waals surface area contributed by atoms with Crippen LogP contribution in [-0.2, 0) is 6.54 Å². The van der Waals surface area contributed by atoms with Crippen molar-refractivity contribution in [2.75, 3.05) is 39.3 Å². The number of aryl methyl sites for hydroxylation is 2. The maximum absolute atomic E-state index is 12.3. The molecule has 1 aliphatic carbocycles. The second-order valence-electron chi connectivity index (χ2n) is 8.38. The van der Waals surface area contributed by atoms with Gasteiger partial charge in [0.15, 0.2) is 5.82 Å². The summed E-state index contributed by atoms with van der Waals surface area (Å²) in [6, 6.07) is 5.36. The minimum Gasteiger partial charge on any atom is -0.301 e. The zero-order chi connectivity index (χ0) is 19.5. The first-order valence-corrected chi connectivity index (χ1v) is 10.6. The molecule has 7 nitrogen and oxygen atoms in total. The zero-order valence-electron chi connectivity index (χ0n) is 17.2. The maximum Gasteiger partial charge on any atom is 0.266 e. The molecule has 2 fully saturated rings. The highest BCUT2D eigenvalue weighted by atomic mass is 16.1. The third kappa shape index (κ3) is 4.52. The van der Waals surface area contributed by atoms with Crippen molar-refractivity contribution in [3.05, 3.63) is 39.9 Å². The van der Waals surface area contributed by atoms with Crippen molar-refractivity contribution in [3.8, 4) is 5.82 Å². The van der Waals surface area contributed by atoms with E-state index >= 15 is 0 Å². The summed E-state index contributed by atoms with van der Waals surface area (Å²) in [5.74, 6) is 1.62. The molecule has 0 atom stereocenters. The highest BCUT2D eigenvalue weighted by Gasteiger charge is 2.22. The Morgan fingerprint density at radius 2 is 1.68 bits per heavy atom. The van der Waals surface area contributed by atoms with Gasteiger partial charge in [-0.05, 0) is 44.7 Å². The molecule has 152 valence electrons. The van der Waals surface area contributed by atoms with Gasteiger partial charge in [-0.15, -0.1) is 5.10 Å². The van der Waals surface area contributed by atoms with E-state index in [1.807, 2.05) is 19.9 Å². The summed E-state index contributed by atoms with van der Waals surface area (Å²) in [7, 11) is 0. The van der Waals surface area contributed by atoms with E-state index < -0.39 is 0 Å². The van der Waals surface area contributed by atoms with Crippen LogP contribution in [0.25, 0.3) is 5.82 Å². The van der Waals surface area contributed by atoms with Crippen molar-refractivity contribution < 1.29 is 0 Å². The number of hydrogen-bond donors (Lipinski definition) is 0. The number of aromatic nitrogens is 4. The van der Waals surface area contributed by atoms with E-state index in [-0.39, 0.29) is 5.56 Å². The van der Waals surface area contributed by atoms with Crippen molar-refractivity contribution in [3.63, 3.8) is 0 Å². The predicted molar refractivity (Wildman–Crippen MR) is 110 cm³/mol. The summed E-state index contributed by atoms with van der Waals surface area (Å²) in [4.78, 5) is 17.3. The molecular weight excluding hydrogens is 352 g/mol. The average Bonchev–Trinajstić information content (AvgIpc) is 3.31. The van der Waals surface area contributed by atoms with Crippen molar-refractivity contribution in [1.29, 1.82) is 0 Å². The number of nitrogens with zero attached hydrogens (tertiary/aromatic N) is 6. The van der Waals surface area contributed by atoms with Gasteiger partial charge in [0, 0.05) is 51.0 Å². The van der Waals surface area contributed by atoms with Crippen LogP contribution < -0.4 is 5.56 Å². The summed E-state index contributed by atoms with van der Waals surface area (Å²) < 4.78 is 3.38. The minimum atomic E-state index is -0.0508. The lowest BCUT2D eigenvalue weighted by Crippen LogP contribution is -2.48. The first-order valence-electron chi connectivity index (χ1n) is 10.6. The molecule has 2 aromatic heterocycles. The second kappa shape index (κ2) is 8.57. The van der Waals surface area contributed by atoms with Crippen LogP contribution in [0.2, 0.25) is 0 Å². The van der Waals surface area contributed by atoms with Crippen LogP contribution >= 0.6 is 0 Å². The summed E-state index contributed by atoms with van der Waals surface area (Å²) in [5, 5.41) is 9.03. The fourth-order valence-corrected chi connectivity index (χ4v) is 4.56. The molecule has 0 aromatic carbocycles. The van der Waals surface area contributed by atoms with Crippen molar-refractivity contribution in [2.24, 2.45) is 5.92 Å². The Kier molecular flexibility index (Phi) is 5.92. The first-order chi connectivity index (χ1) is 13.6. The number of hydrogen-bond acceptors (Lipinski definition) is 5. The smallest absolute Gasteiger partial charge is 0.266 e. The Hall–Kier alpha value is -1.99. The van der Waals surface area contributed by atoms with E-state index in [0.29, 0.717) is 12.4 Å². The lowest BCUT2D eigenvalue weighted by molar-refractivity contribution is 0.114. The number of piperazine rings is 1. The molecule has 0 N–H and O–H groups in total. The fourth-order valence-electron chi connectivity index (χ4n) is 4.56. The summed E-state index contributed by atoms with van der Waals surface area (Å²) >= 11 is 0. The van der Waals surface area contributed by atoms with Gasteiger partial charge in [0.25, 0.3) is 5.56 Å². The van der Waals surface area contributed by atoms with Crippen LogP contribution in [0, 0.1) is 19.8 Å². The second-order valence-corrected chi connectivity index (χ2v) is 8.38. The molecule has 0 radical (unpaired) electrons. The largest absolute Gasteiger partial charge is 0.301 e. The topological polar surface area (TPSA) is 59.2 Å². The van der Waals surface area contributed by atoms with Crippen molar-refractivity contribution in [2.45, 2.75) is 46.1 Å². The Balaban J connectivity index is 1.32. The fraction of sp³-hybridized carbons (Fsp3) is 0.667. The lowest BCUT2D eigenvalue weighted by atomic mass is 10.1. The molecule has 2 aromatic rings. The van der Waals surface area contributed by atoms with E-state index in [2.05, 4.69) is 20.0 Å². The Bertz CT molecular complexity index is 843. The molecule has 1 saturated heterocycles. The van der Waals surface area contributed by atoms with E-state index in [0.717, 1.165) is 50.0 Å². The predicted octanol–water partition coefficient (Wildman–Crippen LogP) is 1.85. The van der Waals surface area contributed by atoms with Gasteiger partial charge in [-0.25, -0.2) is 9.36 Å². The Morgan fingerprint density at radius 3 is 2.36 bits per heavy atom. The van der Waals surface area contributed by atoms with E-state index in [9.17, 15) is 4.79 Å². The molecule has 3 heterocycles. The van der Waals surface area contributed by atoms with E-state index in [4.69, 9.17) is 0 Å². The van der Waals surface area contributed by atoms with Gasteiger partial charge in [-0.2, -0.15) is 5.10 Å². The normalized spacial score (nSPS) is 19.5. The van der Waals surface area contributed by atoms with Gasteiger partial charge in [0.1, 0.15) is 0 Å². The van der Waals surface area contributed by atoms with Crippen LogP contribution in [0.3, 0.4) is 0 Å². The zero-order valence-corrected chi connectivity index (χ0v) is 17.2. The first kappa shape index (κ1) is 19.3. The van der Waals surface area contributed by atoms with Gasteiger partial charge < -0.3 is 4.90 Å². The molecule has 2 aliphatic rings. The molecule has 0 spiro atoms. The molecular formula is C21H32N6O. The average molecular weight is 385 g/mol. The Morgan fingerprint density at radius 1 is 0.964 bits per heavy atom. The van der Waals surface area contributed by atoms with Crippen LogP contribution in [0.15, 0.2) is 23.0 Å². The van der Waals surface area contributed by atoms with Crippen molar-refractivity contribution >= 4 is 0 Å². The highest BCUT2D eigenvalue weighted by Crippen LogP contribution is 2.25. The molecule has 7 heteroatoms. The molecule has 1 aliphatic heterocycles. The molecule has 0 bridgehead atoms.